The van der Waals surface area contributed by atoms with E-state index in [0.29, 0.717) is 31.7 Å². The summed E-state index contributed by atoms with van der Waals surface area (Å²) in [4.78, 5) is 12.5. The maximum absolute atomic E-state index is 12.9. The van der Waals surface area contributed by atoms with Crippen molar-refractivity contribution in [3.05, 3.63) is 32.8 Å². The number of hydrogen-bond acceptors (Lipinski definition) is 5. The molecule has 0 atom stereocenters. The van der Waals surface area contributed by atoms with Crippen LogP contribution in [0.2, 0.25) is 5.02 Å². The molecule has 0 N–H and O–H groups in total. The molecule has 0 bridgehead atoms. The molecule has 1 aliphatic carbocycles. The molecule has 2 aliphatic rings. The van der Waals surface area contributed by atoms with Crippen molar-refractivity contribution < 1.29 is 13.3 Å². The summed E-state index contributed by atoms with van der Waals surface area (Å²) < 4.78 is 27.1. The Kier molecular flexibility index (Phi) is 4.83. The minimum Gasteiger partial charge on any atom is -0.300 e. The van der Waals surface area contributed by atoms with E-state index in [2.05, 4.69) is 4.90 Å². The number of benzene rings is 1. The van der Waals surface area contributed by atoms with Gasteiger partial charge in [0.2, 0.25) is 10.0 Å². The topological polar surface area (TPSA) is 83.8 Å². The van der Waals surface area contributed by atoms with Crippen LogP contribution in [0, 0.1) is 23.0 Å². The lowest BCUT2D eigenvalue weighted by molar-refractivity contribution is -0.385. The largest absolute Gasteiger partial charge is 0.300 e. The van der Waals surface area contributed by atoms with E-state index in [4.69, 9.17) is 11.6 Å². The summed E-state index contributed by atoms with van der Waals surface area (Å²) in [6.45, 7) is 4.78. The van der Waals surface area contributed by atoms with Crippen molar-refractivity contribution in [3.8, 4) is 0 Å². The molecule has 1 aliphatic heterocycles. The van der Waals surface area contributed by atoms with Crippen molar-refractivity contribution in [1.29, 1.82) is 0 Å². The van der Waals surface area contributed by atoms with Crippen molar-refractivity contribution in [2.24, 2.45) is 5.92 Å². The summed E-state index contributed by atoms with van der Waals surface area (Å²) in [5, 5.41) is 10.8. The van der Waals surface area contributed by atoms with Gasteiger partial charge in [0, 0.05) is 38.8 Å². The average molecular weight is 374 g/mol. The molecule has 0 amide bonds. The highest BCUT2D eigenvalue weighted by Crippen LogP contribution is 2.35. The molecule has 1 heterocycles. The number of nitro groups is 1. The van der Waals surface area contributed by atoms with Crippen LogP contribution >= 0.6 is 11.6 Å². The zero-order valence-electron chi connectivity index (χ0n) is 13.4. The van der Waals surface area contributed by atoms with Crippen molar-refractivity contribution in [2.45, 2.75) is 24.7 Å². The van der Waals surface area contributed by atoms with Crippen LogP contribution in [0.3, 0.4) is 0 Å². The molecular weight excluding hydrogens is 354 g/mol. The lowest BCUT2D eigenvalue weighted by atomic mass is 10.2. The maximum atomic E-state index is 12.9. The van der Waals surface area contributed by atoms with Gasteiger partial charge in [0.25, 0.3) is 5.69 Å². The Morgan fingerprint density at radius 1 is 1.25 bits per heavy atom. The SMILES string of the molecule is Cc1cc([N+](=O)[O-])c(Cl)c(S(=O)(=O)N2CCN(CC3CC3)CC2)c1. The highest BCUT2D eigenvalue weighted by molar-refractivity contribution is 7.89. The lowest BCUT2D eigenvalue weighted by Gasteiger charge is -2.34. The molecule has 7 nitrogen and oxygen atoms in total. The second kappa shape index (κ2) is 6.59. The van der Waals surface area contributed by atoms with Crippen LogP contribution in [0.25, 0.3) is 0 Å². The third kappa shape index (κ3) is 3.56. The third-order valence-corrected chi connectivity index (χ3v) is 6.96. The quantitative estimate of drug-likeness (QED) is 0.584. The van der Waals surface area contributed by atoms with Crippen LogP contribution in [-0.2, 0) is 10.0 Å². The summed E-state index contributed by atoms with van der Waals surface area (Å²) in [5.41, 5.74) is 0.125. The van der Waals surface area contributed by atoms with Crippen LogP contribution in [0.4, 0.5) is 5.69 Å². The van der Waals surface area contributed by atoms with Gasteiger partial charge in [-0.05, 0) is 37.3 Å². The van der Waals surface area contributed by atoms with Gasteiger partial charge < -0.3 is 4.90 Å². The first-order chi connectivity index (χ1) is 11.3. The summed E-state index contributed by atoms with van der Waals surface area (Å²) in [6.07, 6.45) is 2.53. The fraction of sp³-hybridized carbons (Fsp3) is 0.600. The first kappa shape index (κ1) is 17.6. The monoisotopic (exact) mass is 373 g/mol. The number of halogens is 1. The van der Waals surface area contributed by atoms with Crippen LogP contribution in [-0.4, -0.2) is 55.3 Å². The van der Waals surface area contributed by atoms with Crippen molar-refractivity contribution in [1.82, 2.24) is 9.21 Å². The Morgan fingerprint density at radius 3 is 2.42 bits per heavy atom. The van der Waals surface area contributed by atoms with Crippen LogP contribution in [0.1, 0.15) is 18.4 Å². The fourth-order valence-corrected chi connectivity index (χ4v) is 5.05. The first-order valence-corrected chi connectivity index (χ1v) is 9.78. The van der Waals surface area contributed by atoms with Gasteiger partial charge in [-0.15, -0.1) is 0 Å². The molecule has 0 aromatic heterocycles. The minimum atomic E-state index is -3.84. The molecule has 1 aromatic carbocycles. The second-order valence-electron chi connectivity index (χ2n) is 6.50. The molecule has 1 aromatic rings. The van der Waals surface area contributed by atoms with Gasteiger partial charge >= 0.3 is 0 Å². The Labute approximate surface area is 146 Å². The fourth-order valence-electron chi connectivity index (χ4n) is 2.99. The Morgan fingerprint density at radius 2 is 1.88 bits per heavy atom. The van der Waals surface area contributed by atoms with E-state index in [1.807, 2.05) is 0 Å². The standard InChI is InChI=1S/C15H20ClN3O4S/c1-11-8-13(19(20)21)15(16)14(9-11)24(22,23)18-6-4-17(5-7-18)10-12-2-3-12/h8-9,12H,2-7,10H2,1H3. The molecule has 1 saturated carbocycles. The second-order valence-corrected chi connectivity index (χ2v) is 8.79. The maximum Gasteiger partial charge on any atom is 0.289 e. The van der Waals surface area contributed by atoms with Gasteiger partial charge in [-0.2, -0.15) is 4.31 Å². The normalized spacial score (nSPS) is 20.2. The molecule has 132 valence electrons. The Balaban J connectivity index is 1.82. The third-order valence-electron chi connectivity index (χ3n) is 4.52. The van der Waals surface area contributed by atoms with E-state index in [1.165, 1.54) is 29.3 Å². The Bertz CT molecular complexity index is 756. The summed E-state index contributed by atoms with van der Waals surface area (Å²) in [5.74, 6) is 0.766. The molecule has 0 radical (unpaired) electrons. The van der Waals surface area contributed by atoms with E-state index in [-0.39, 0.29) is 15.6 Å². The van der Waals surface area contributed by atoms with E-state index in [1.54, 1.807) is 6.92 Å². The number of sulfonamides is 1. The zero-order chi connectivity index (χ0) is 17.5. The molecule has 9 heteroatoms. The van der Waals surface area contributed by atoms with Crippen molar-refractivity contribution >= 4 is 27.3 Å². The number of hydrogen-bond donors (Lipinski definition) is 0. The van der Waals surface area contributed by atoms with E-state index in [9.17, 15) is 18.5 Å². The predicted octanol–water partition coefficient (Wildman–Crippen LogP) is 2.27. The summed E-state index contributed by atoms with van der Waals surface area (Å²) in [6, 6.07) is 2.69. The summed E-state index contributed by atoms with van der Waals surface area (Å²) >= 11 is 6.03. The van der Waals surface area contributed by atoms with Crippen LogP contribution in [0.5, 0.6) is 0 Å². The van der Waals surface area contributed by atoms with Gasteiger partial charge in [-0.25, -0.2) is 8.42 Å². The molecule has 0 unspecified atom stereocenters. The smallest absolute Gasteiger partial charge is 0.289 e. The zero-order valence-corrected chi connectivity index (χ0v) is 15.0. The highest BCUT2D eigenvalue weighted by Gasteiger charge is 2.34. The molecular formula is C15H20ClN3O4S. The van der Waals surface area contributed by atoms with Gasteiger partial charge in [0.15, 0.2) is 0 Å². The number of rotatable bonds is 5. The minimum absolute atomic E-state index is 0.175. The van der Waals surface area contributed by atoms with Gasteiger partial charge in [-0.3, -0.25) is 10.1 Å². The van der Waals surface area contributed by atoms with Crippen molar-refractivity contribution in [3.63, 3.8) is 0 Å². The number of nitrogens with zero attached hydrogens (tertiary/aromatic N) is 3. The molecule has 1 saturated heterocycles. The van der Waals surface area contributed by atoms with Crippen molar-refractivity contribution in [2.75, 3.05) is 32.7 Å². The molecule has 0 spiro atoms. The van der Waals surface area contributed by atoms with E-state index >= 15 is 0 Å². The van der Waals surface area contributed by atoms with Gasteiger partial charge in [0.05, 0.1) is 4.92 Å². The van der Waals surface area contributed by atoms with E-state index in [0.717, 1.165) is 12.5 Å². The van der Waals surface area contributed by atoms with Crippen LogP contribution in [0.15, 0.2) is 17.0 Å². The van der Waals surface area contributed by atoms with Crippen LogP contribution < -0.4 is 0 Å². The van der Waals surface area contributed by atoms with E-state index < -0.39 is 14.9 Å². The van der Waals surface area contributed by atoms with Gasteiger partial charge in [-0.1, -0.05) is 11.6 Å². The molecule has 3 rings (SSSR count). The molecule has 24 heavy (non-hydrogen) atoms. The first-order valence-electron chi connectivity index (χ1n) is 7.96. The van der Waals surface area contributed by atoms with Gasteiger partial charge in [0.1, 0.15) is 9.92 Å². The highest BCUT2D eigenvalue weighted by atomic mass is 35.5. The average Bonchev–Trinajstić information content (AvgIpc) is 3.33. The number of nitro benzene ring substituents is 1. The Hall–Kier alpha value is -1.22. The predicted molar refractivity (Wildman–Crippen MR) is 90.8 cm³/mol. The number of piperazine rings is 1. The molecule has 2 fully saturated rings. The lowest BCUT2D eigenvalue weighted by Crippen LogP contribution is -2.49. The number of aryl methyl sites for hydroxylation is 1. The summed E-state index contributed by atoms with van der Waals surface area (Å²) in [7, 11) is -3.84.